The van der Waals surface area contributed by atoms with Crippen LogP contribution in [0, 0.1) is 14.9 Å². The van der Waals surface area contributed by atoms with Gasteiger partial charge in [0.25, 0.3) is 6.43 Å². The topological polar surface area (TPSA) is 36.7 Å². The van der Waals surface area contributed by atoms with Crippen molar-refractivity contribution in [2.75, 3.05) is 0 Å². The SMILES string of the molecule is N#Cc1ncc(Br)c(C(F)F)c1I. The fourth-order valence-electron chi connectivity index (χ4n) is 0.758. The molecule has 1 aromatic heterocycles. The highest BCUT2D eigenvalue weighted by molar-refractivity contribution is 14.1. The van der Waals surface area contributed by atoms with Gasteiger partial charge in [-0.2, -0.15) is 5.26 Å². The minimum Gasteiger partial charge on any atom is -0.243 e. The number of hydrogen-bond donors (Lipinski definition) is 0. The van der Waals surface area contributed by atoms with Gasteiger partial charge in [0.2, 0.25) is 0 Å². The molecule has 1 heterocycles. The molecule has 0 unspecified atom stereocenters. The lowest BCUT2D eigenvalue weighted by Gasteiger charge is -2.05. The van der Waals surface area contributed by atoms with E-state index in [0.29, 0.717) is 0 Å². The number of halogens is 4. The van der Waals surface area contributed by atoms with Gasteiger partial charge in [-0.15, -0.1) is 0 Å². The zero-order valence-corrected chi connectivity index (χ0v) is 9.80. The normalized spacial score (nSPS) is 10.2. The van der Waals surface area contributed by atoms with Crippen LogP contribution < -0.4 is 0 Å². The van der Waals surface area contributed by atoms with Crippen LogP contribution in [0.2, 0.25) is 0 Å². The van der Waals surface area contributed by atoms with Gasteiger partial charge in [0.05, 0.1) is 3.57 Å². The van der Waals surface area contributed by atoms with Gasteiger partial charge in [-0.05, 0) is 38.5 Å². The van der Waals surface area contributed by atoms with E-state index < -0.39 is 6.43 Å². The number of rotatable bonds is 1. The lowest BCUT2D eigenvalue weighted by molar-refractivity contribution is 0.149. The van der Waals surface area contributed by atoms with Gasteiger partial charge in [-0.25, -0.2) is 13.8 Å². The van der Waals surface area contributed by atoms with Crippen molar-refractivity contribution in [3.63, 3.8) is 0 Å². The minimum atomic E-state index is -2.60. The summed E-state index contributed by atoms with van der Waals surface area (Å²) < 4.78 is 25.3. The predicted molar refractivity (Wildman–Crippen MR) is 54.3 cm³/mol. The van der Waals surface area contributed by atoms with Crippen molar-refractivity contribution in [3.05, 3.63) is 25.5 Å². The first kappa shape index (κ1) is 10.8. The number of pyridine rings is 1. The smallest absolute Gasteiger partial charge is 0.243 e. The van der Waals surface area contributed by atoms with Gasteiger partial charge in [0.15, 0.2) is 5.69 Å². The molecule has 0 bridgehead atoms. The Morgan fingerprint density at radius 2 is 2.23 bits per heavy atom. The molecule has 0 atom stereocenters. The van der Waals surface area contributed by atoms with E-state index in [4.69, 9.17) is 5.26 Å². The first-order chi connectivity index (χ1) is 6.07. The second kappa shape index (κ2) is 4.28. The quantitative estimate of drug-likeness (QED) is 0.722. The maximum absolute atomic E-state index is 12.4. The molecule has 0 aliphatic rings. The largest absolute Gasteiger partial charge is 0.266 e. The molecule has 68 valence electrons. The van der Waals surface area contributed by atoms with Crippen molar-refractivity contribution in [2.24, 2.45) is 0 Å². The van der Waals surface area contributed by atoms with E-state index in [1.807, 2.05) is 0 Å². The van der Waals surface area contributed by atoms with Crippen molar-refractivity contribution in [2.45, 2.75) is 6.43 Å². The molecule has 1 rings (SSSR count). The van der Waals surface area contributed by atoms with E-state index in [2.05, 4.69) is 20.9 Å². The lowest BCUT2D eigenvalue weighted by atomic mass is 10.2. The van der Waals surface area contributed by atoms with Gasteiger partial charge >= 0.3 is 0 Å². The monoisotopic (exact) mass is 358 g/mol. The van der Waals surface area contributed by atoms with E-state index in [1.165, 1.54) is 6.20 Å². The van der Waals surface area contributed by atoms with Crippen LogP contribution in [0.15, 0.2) is 10.7 Å². The van der Waals surface area contributed by atoms with Crippen molar-refractivity contribution in [3.8, 4) is 6.07 Å². The molecule has 0 aliphatic heterocycles. The number of hydrogen-bond acceptors (Lipinski definition) is 2. The van der Waals surface area contributed by atoms with Crippen LogP contribution >= 0.6 is 38.5 Å². The summed E-state index contributed by atoms with van der Waals surface area (Å²) in [7, 11) is 0. The first-order valence-electron chi connectivity index (χ1n) is 3.10. The Labute approximate surface area is 95.2 Å². The molecule has 0 saturated carbocycles. The Morgan fingerprint density at radius 1 is 1.62 bits per heavy atom. The molecule has 0 radical (unpaired) electrons. The molecule has 2 nitrogen and oxygen atoms in total. The summed E-state index contributed by atoms with van der Waals surface area (Å²) in [5, 5.41) is 8.54. The Balaban J connectivity index is 3.41. The molecule has 6 heteroatoms. The molecule has 0 aromatic carbocycles. The van der Waals surface area contributed by atoms with E-state index in [1.54, 1.807) is 28.7 Å². The van der Waals surface area contributed by atoms with Crippen LogP contribution in [0.4, 0.5) is 8.78 Å². The summed E-state index contributed by atoms with van der Waals surface area (Å²) in [4.78, 5) is 3.69. The molecule has 0 N–H and O–H groups in total. The van der Waals surface area contributed by atoms with E-state index in [0.717, 1.165) is 0 Å². The minimum absolute atomic E-state index is 0.0269. The zero-order valence-electron chi connectivity index (χ0n) is 6.06. The summed E-state index contributed by atoms with van der Waals surface area (Å²) >= 11 is 4.64. The molecule has 0 fully saturated rings. The van der Waals surface area contributed by atoms with Crippen LogP contribution in [-0.4, -0.2) is 4.98 Å². The van der Waals surface area contributed by atoms with E-state index in [-0.39, 0.29) is 19.3 Å². The third-order valence-corrected chi connectivity index (χ3v) is 3.06. The molecule has 13 heavy (non-hydrogen) atoms. The van der Waals surface area contributed by atoms with Crippen molar-refractivity contribution >= 4 is 38.5 Å². The molecule has 0 saturated heterocycles. The van der Waals surface area contributed by atoms with Crippen molar-refractivity contribution in [1.29, 1.82) is 5.26 Å². The predicted octanol–water partition coefficient (Wildman–Crippen LogP) is 3.26. The van der Waals surface area contributed by atoms with Gasteiger partial charge in [0, 0.05) is 16.2 Å². The summed E-state index contributed by atoms with van der Waals surface area (Å²) in [5.74, 6) is 0. The average Bonchev–Trinajstić information content (AvgIpc) is 2.04. The fourth-order valence-corrected chi connectivity index (χ4v) is 2.39. The van der Waals surface area contributed by atoms with Crippen LogP contribution in [0.3, 0.4) is 0 Å². The van der Waals surface area contributed by atoms with Gasteiger partial charge in [0.1, 0.15) is 6.07 Å². The maximum Gasteiger partial charge on any atom is 0.266 e. The summed E-state index contributed by atoms with van der Waals surface area (Å²) in [5.41, 5.74) is -0.147. The molecule has 0 amide bonds. The lowest BCUT2D eigenvalue weighted by Crippen LogP contribution is -1.97. The number of nitrogens with zero attached hydrogens (tertiary/aromatic N) is 2. The standard InChI is InChI=1S/C7H2BrF2IN2/c8-3-2-13-4(1-12)6(11)5(3)7(9)10/h2,7H. The maximum atomic E-state index is 12.4. The number of nitriles is 1. The number of aromatic nitrogens is 1. The highest BCUT2D eigenvalue weighted by Gasteiger charge is 2.18. The van der Waals surface area contributed by atoms with Crippen LogP contribution in [0.1, 0.15) is 17.7 Å². The Bertz CT molecular complexity index is 375. The highest BCUT2D eigenvalue weighted by atomic mass is 127. The average molecular weight is 359 g/mol. The Hall–Kier alpha value is -0.290. The summed E-state index contributed by atoms with van der Waals surface area (Å²) in [6, 6.07) is 1.74. The Kier molecular flexibility index (Phi) is 3.55. The van der Waals surface area contributed by atoms with Crippen LogP contribution in [0.5, 0.6) is 0 Å². The van der Waals surface area contributed by atoms with Gasteiger partial charge < -0.3 is 0 Å². The second-order valence-corrected chi connectivity index (χ2v) is 4.03. The third-order valence-electron chi connectivity index (χ3n) is 1.33. The highest BCUT2D eigenvalue weighted by Crippen LogP contribution is 2.31. The second-order valence-electron chi connectivity index (χ2n) is 2.09. The number of alkyl halides is 2. The Morgan fingerprint density at radius 3 is 2.69 bits per heavy atom. The molecule has 1 aromatic rings. The first-order valence-corrected chi connectivity index (χ1v) is 4.97. The molecular weight excluding hydrogens is 357 g/mol. The summed E-state index contributed by atoms with van der Waals surface area (Å²) in [6.45, 7) is 0. The van der Waals surface area contributed by atoms with E-state index >= 15 is 0 Å². The molecule has 0 aliphatic carbocycles. The fraction of sp³-hybridized carbons (Fsp3) is 0.143. The van der Waals surface area contributed by atoms with Crippen molar-refractivity contribution < 1.29 is 8.78 Å². The zero-order chi connectivity index (χ0) is 10.0. The van der Waals surface area contributed by atoms with Gasteiger partial charge in [-0.1, -0.05) is 0 Å². The molecular formula is C7H2BrF2IN2. The van der Waals surface area contributed by atoms with Crippen molar-refractivity contribution in [1.82, 2.24) is 4.98 Å². The third kappa shape index (κ3) is 2.14. The van der Waals surface area contributed by atoms with Gasteiger partial charge in [-0.3, -0.25) is 0 Å². The van der Waals surface area contributed by atoms with Crippen LogP contribution in [-0.2, 0) is 0 Å². The molecule has 0 spiro atoms. The van der Waals surface area contributed by atoms with Crippen LogP contribution in [0.25, 0.3) is 0 Å². The van der Waals surface area contributed by atoms with E-state index in [9.17, 15) is 8.78 Å². The summed E-state index contributed by atoms with van der Waals surface area (Å²) in [6.07, 6.45) is -1.39.